The molecule has 7 heteroatoms. The number of hydrogen-bond acceptors (Lipinski definition) is 4. The third kappa shape index (κ3) is 3.60. The molecule has 0 bridgehead atoms. The summed E-state index contributed by atoms with van der Waals surface area (Å²) in [7, 11) is 0. The minimum atomic E-state index is -0.581. The van der Waals surface area contributed by atoms with E-state index in [1.165, 1.54) is 18.5 Å². The fraction of sp³-hybridized carbons (Fsp3) is 0.167. The molecule has 0 atom stereocenters. The van der Waals surface area contributed by atoms with Gasteiger partial charge in [0.1, 0.15) is 34.1 Å². The molecule has 0 spiro atoms. The third-order valence-corrected chi connectivity index (χ3v) is 3.23. The summed E-state index contributed by atoms with van der Waals surface area (Å²) < 4.78 is 26.6. The van der Waals surface area contributed by atoms with Crippen LogP contribution in [0.25, 0.3) is 0 Å². The summed E-state index contributed by atoms with van der Waals surface area (Å²) in [4.78, 5) is 7.82. The Labute approximate surface area is 117 Å². The molecule has 2 aromatic rings. The van der Waals surface area contributed by atoms with Crippen molar-refractivity contribution in [3.05, 3.63) is 46.2 Å². The Morgan fingerprint density at radius 1 is 1.16 bits per heavy atom. The minimum absolute atomic E-state index is 0.328. The molecular weight excluding hydrogens is 318 g/mol. The fourth-order valence-corrected chi connectivity index (χ4v) is 1.93. The first-order valence-corrected chi connectivity index (χ1v) is 6.30. The third-order valence-electron chi connectivity index (χ3n) is 2.44. The molecule has 100 valence electrons. The predicted octanol–water partition coefficient (Wildman–Crippen LogP) is 2.75. The maximum absolute atomic E-state index is 13.0. The van der Waals surface area contributed by atoms with E-state index in [4.69, 9.17) is 5.73 Å². The largest absolute Gasteiger partial charge is 0.383 e. The molecule has 0 radical (unpaired) electrons. The van der Waals surface area contributed by atoms with Gasteiger partial charge in [-0.15, -0.1) is 0 Å². The summed E-state index contributed by atoms with van der Waals surface area (Å²) >= 11 is 3.26. The highest BCUT2D eigenvalue weighted by molar-refractivity contribution is 9.10. The van der Waals surface area contributed by atoms with E-state index in [0.717, 1.165) is 6.07 Å². The number of benzene rings is 1. The van der Waals surface area contributed by atoms with Crippen LogP contribution < -0.4 is 11.1 Å². The van der Waals surface area contributed by atoms with Gasteiger partial charge < -0.3 is 11.1 Å². The maximum Gasteiger partial charge on any atom is 0.145 e. The molecule has 0 saturated carbocycles. The van der Waals surface area contributed by atoms with Crippen LogP contribution in [0.5, 0.6) is 0 Å². The summed E-state index contributed by atoms with van der Waals surface area (Å²) in [5, 5.41) is 3.02. The van der Waals surface area contributed by atoms with Gasteiger partial charge in [0.25, 0.3) is 0 Å². The highest BCUT2D eigenvalue weighted by Crippen LogP contribution is 2.23. The quantitative estimate of drug-likeness (QED) is 0.905. The Hall–Kier alpha value is -1.76. The summed E-state index contributed by atoms with van der Waals surface area (Å²) in [5.74, 6) is -0.288. The van der Waals surface area contributed by atoms with Crippen LogP contribution in [-0.2, 0) is 6.42 Å². The Balaban J connectivity index is 1.98. The van der Waals surface area contributed by atoms with Crippen molar-refractivity contribution in [2.24, 2.45) is 0 Å². The molecule has 0 amide bonds. The highest BCUT2D eigenvalue weighted by atomic mass is 79.9. The van der Waals surface area contributed by atoms with E-state index in [9.17, 15) is 8.78 Å². The Bertz CT molecular complexity index is 572. The molecule has 0 aliphatic carbocycles. The average molecular weight is 329 g/mol. The fourth-order valence-electron chi connectivity index (χ4n) is 1.59. The van der Waals surface area contributed by atoms with Gasteiger partial charge in [0.15, 0.2) is 0 Å². The van der Waals surface area contributed by atoms with Gasteiger partial charge in [-0.05, 0) is 40.0 Å². The van der Waals surface area contributed by atoms with Crippen molar-refractivity contribution in [1.82, 2.24) is 9.97 Å². The van der Waals surface area contributed by atoms with Crippen molar-refractivity contribution in [3.63, 3.8) is 0 Å². The topological polar surface area (TPSA) is 63.8 Å². The molecule has 2 rings (SSSR count). The van der Waals surface area contributed by atoms with Crippen molar-refractivity contribution in [1.29, 1.82) is 0 Å². The zero-order chi connectivity index (χ0) is 13.8. The van der Waals surface area contributed by atoms with E-state index >= 15 is 0 Å². The van der Waals surface area contributed by atoms with Crippen molar-refractivity contribution in [3.8, 4) is 0 Å². The van der Waals surface area contributed by atoms with E-state index in [2.05, 4.69) is 31.2 Å². The minimum Gasteiger partial charge on any atom is -0.383 e. The van der Waals surface area contributed by atoms with Crippen LogP contribution in [-0.4, -0.2) is 16.5 Å². The van der Waals surface area contributed by atoms with E-state index in [1.807, 2.05) is 0 Å². The van der Waals surface area contributed by atoms with Crippen LogP contribution in [0.1, 0.15) is 5.56 Å². The molecule has 4 nitrogen and oxygen atoms in total. The lowest BCUT2D eigenvalue weighted by molar-refractivity contribution is 0.580. The molecule has 0 saturated heterocycles. The van der Waals surface area contributed by atoms with Crippen LogP contribution in [0, 0.1) is 11.6 Å². The number of nitrogens with two attached hydrogens (primary N) is 1. The first-order chi connectivity index (χ1) is 9.06. The summed E-state index contributed by atoms with van der Waals surface area (Å²) in [6.45, 7) is 0.470. The zero-order valence-electron chi connectivity index (χ0n) is 9.83. The first kappa shape index (κ1) is 13.7. The van der Waals surface area contributed by atoms with Crippen LogP contribution in [0.4, 0.5) is 20.4 Å². The highest BCUT2D eigenvalue weighted by Gasteiger charge is 2.05. The number of anilines is 2. The molecule has 0 unspecified atom stereocenters. The zero-order valence-corrected chi connectivity index (χ0v) is 11.4. The van der Waals surface area contributed by atoms with E-state index in [1.54, 1.807) is 0 Å². The Kier molecular flexibility index (Phi) is 4.26. The van der Waals surface area contributed by atoms with Crippen LogP contribution >= 0.6 is 15.9 Å². The lowest BCUT2D eigenvalue weighted by Crippen LogP contribution is -2.08. The Morgan fingerprint density at radius 3 is 2.53 bits per heavy atom. The number of nitrogens with one attached hydrogen (secondary N) is 1. The van der Waals surface area contributed by atoms with Crippen molar-refractivity contribution in [2.45, 2.75) is 6.42 Å². The molecule has 0 fully saturated rings. The van der Waals surface area contributed by atoms with Gasteiger partial charge in [0.2, 0.25) is 0 Å². The predicted molar refractivity (Wildman–Crippen MR) is 72.7 cm³/mol. The second kappa shape index (κ2) is 5.92. The molecular formula is C12H11BrF2N4. The van der Waals surface area contributed by atoms with Gasteiger partial charge in [-0.2, -0.15) is 0 Å². The summed E-state index contributed by atoms with van der Waals surface area (Å²) in [6.07, 6.45) is 1.80. The monoisotopic (exact) mass is 328 g/mol. The number of halogens is 3. The van der Waals surface area contributed by atoms with Crippen molar-refractivity contribution >= 4 is 27.6 Å². The molecule has 1 aromatic carbocycles. The summed E-state index contributed by atoms with van der Waals surface area (Å²) in [6, 6.07) is 3.45. The SMILES string of the molecule is Nc1ncnc(NCCc2cc(F)cc(F)c2)c1Br. The van der Waals surface area contributed by atoms with Gasteiger partial charge in [-0.25, -0.2) is 18.7 Å². The molecule has 1 aromatic heterocycles. The molecule has 19 heavy (non-hydrogen) atoms. The van der Waals surface area contributed by atoms with Crippen LogP contribution in [0.2, 0.25) is 0 Å². The van der Waals surface area contributed by atoms with Gasteiger partial charge in [-0.1, -0.05) is 0 Å². The lowest BCUT2D eigenvalue weighted by atomic mass is 10.1. The first-order valence-electron chi connectivity index (χ1n) is 5.51. The van der Waals surface area contributed by atoms with Crippen molar-refractivity contribution in [2.75, 3.05) is 17.6 Å². The molecule has 0 aliphatic rings. The van der Waals surface area contributed by atoms with E-state index in [-0.39, 0.29) is 0 Å². The number of nitrogen functional groups attached to an aromatic ring is 1. The molecule has 1 heterocycles. The second-order valence-corrected chi connectivity index (χ2v) is 4.67. The number of hydrogen-bond donors (Lipinski definition) is 2. The van der Waals surface area contributed by atoms with Crippen LogP contribution in [0.3, 0.4) is 0 Å². The van der Waals surface area contributed by atoms with Gasteiger partial charge in [0, 0.05) is 12.6 Å². The van der Waals surface area contributed by atoms with E-state index in [0.29, 0.717) is 34.6 Å². The number of rotatable bonds is 4. The maximum atomic E-state index is 13.0. The van der Waals surface area contributed by atoms with Gasteiger partial charge >= 0.3 is 0 Å². The van der Waals surface area contributed by atoms with E-state index < -0.39 is 11.6 Å². The van der Waals surface area contributed by atoms with Crippen LogP contribution in [0.15, 0.2) is 29.0 Å². The van der Waals surface area contributed by atoms with Gasteiger partial charge in [0.05, 0.1) is 0 Å². The number of nitrogens with zero attached hydrogens (tertiary/aromatic N) is 2. The normalized spacial score (nSPS) is 10.5. The molecule has 3 N–H and O–H groups in total. The Morgan fingerprint density at radius 2 is 1.84 bits per heavy atom. The molecule has 0 aliphatic heterocycles. The number of aromatic nitrogens is 2. The smallest absolute Gasteiger partial charge is 0.145 e. The second-order valence-electron chi connectivity index (χ2n) is 3.88. The summed E-state index contributed by atoms with van der Waals surface area (Å²) in [5.41, 5.74) is 6.18. The standard InChI is InChI=1S/C12H11BrF2N4/c13-10-11(16)18-6-19-12(10)17-2-1-7-3-8(14)5-9(15)4-7/h3-6H,1-2H2,(H3,16,17,18,19). The average Bonchev–Trinajstić information content (AvgIpc) is 2.33. The van der Waals surface area contributed by atoms with Crippen molar-refractivity contribution < 1.29 is 8.78 Å². The van der Waals surface area contributed by atoms with Gasteiger partial charge in [-0.3, -0.25) is 0 Å². The lowest BCUT2D eigenvalue weighted by Gasteiger charge is -2.08.